The summed E-state index contributed by atoms with van der Waals surface area (Å²) in [5.74, 6) is 0.749. The van der Waals surface area contributed by atoms with Gasteiger partial charge in [-0.25, -0.2) is 4.98 Å². The molecule has 31 heavy (non-hydrogen) atoms. The minimum absolute atomic E-state index is 0.0931. The van der Waals surface area contributed by atoms with Crippen LogP contribution in [0.25, 0.3) is 27.8 Å². The number of aromatic nitrogens is 3. The van der Waals surface area contributed by atoms with Crippen molar-refractivity contribution < 1.29 is 9.20 Å². The van der Waals surface area contributed by atoms with Crippen LogP contribution in [0.3, 0.4) is 0 Å². The molecule has 3 aromatic heterocycles. The van der Waals surface area contributed by atoms with Crippen LogP contribution < -0.4 is 9.72 Å². The molecule has 0 aliphatic heterocycles. The minimum atomic E-state index is -0.267. The molecule has 5 heteroatoms. The van der Waals surface area contributed by atoms with Crippen molar-refractivity contribution in [2.24, 2.45) is 0 Å². The Labute approximate surface area is 179 Å². The highest BCUT2D eigenvalue weighted by Gasteiger charge is 2.46. The molecule has 0 atom stereocenters. The summed E-state index contributed by atoms with van der Waals surface area (Å²) < 4.78 is 2.03. The number of benzene rings is 2. The molecule has 1 aliphatic rings. The number of H-pyrrole nitrogens is 1. The highest BCUT2D eigenvalue weighted by Crippen LogP contribution is 2.45. The van der Waals surface area contributed by atoms with E-state index < -0.39 is 0 Å². The number of nitrogens with one attached hydrogen (secondary N) is 2. The first kappa shape index (κ1) is 17.8. The summed E-state index contributed by atoms with van der Waals surface area (Å²) in [4.78, 5) is 21.4. The number of rotatable bonds is 4. The molecule has 0 saturated heterocycles. The maximum Gasteiger partial charge on any atom is 0.296 e. The summed E-state index contributed by atoms with van der Waals surface area (Å²) in [6.07, 6.45) is 5.68. The van der Waals surface area contributed by atoms with Crippen molar-refractivity contribution in [3.05, 3.63) is 103 Å². The number of imidazole rings is 1. The standard InChI is InChI=1S/C26H20N4O/c31-25(29-26(14-15-26)19-10-2-1-3-11-19)23-21-13-4-5-17-30(21)24(28-23)20-12-6-8-18-9-7-16-27-22(18)20/h1-13,16-17H,14-15H2,(H,29,31)/p+1. The number of amides is 1. The molecule has 0 spiro atoms. The zero-order valence-corrected chi connectivity index (χ0v) is 16.9. The summed E-state index contributed by atoms with van der Waals surface area (Å²) in [5, 5.41) is 4.36. The Balaban J connectivity index is 1.46. The molecule has 6 rings (SSSR count). The lowest BCUT2D eigenvalue weighted by atomic mass is 10.0. The van der Waals surface area contributed by atoms with E-state index in [9.17, 15) is 4.79 Å². The number of carbonyl (C=O) groups excluding carboxylic acids is 1. The van der Waals surface area contributed by atoms with Crippen LogP contribution in [0, 0.1) is 0 Å². The topological polar surface area (TPSA) is 61.9 Å². The van der Waals surface area contributed by atoms with Crippen molar-refractivity contribution in [3.63, 3.8) is 0 Å². The number of carbonyl (C=O) groups is 1. The maximum absolute atomic E-state index is 13.4. The molecule has 5 aromatic rings. The molecule has 3 heterocycles. The van der Waals surface area contributed by atoms with E-state index >= 15 is 0 Å². The van der Waals surface area contributed by atoms with Crippen LogP contribution in [-0.2, 0) is 5.54 Å². The van der Waals surface area contributed by atoms with E-state index in [0.29, 0.717) is 5.69 Å². The molecule has 2 N–H and O–H groups in total. The number of para-hydroxylation sites is 1. The number of nitrogens with zero attached hydrogens (tertiary/aromatic N) is 2. The Morgan fingerprint density at radius 3 is 2.58 bits per heavy atom. The second-order valence-electron chi connectivity index (χ2n) is 8.09. The quantitative estimate of drug-likeness (QED) is 0.436. The Hall–Kier alpha value is -3.99. The molecule has 150 valence electrons. The fraction of sp³-hybridized carbons (Fsp3) is 0.115. The Bertz CT molecular complexity index is 1430. The first-order valence-electron chi connectivity index (χ1n) is 10.5. The van der Waals surface area contributed by atoms with Crippen LogP contribution in [0.4, 0.5) is 0 Å². The lowest BCUT2D eigenvalue weighted by molar-refractivity contribution is -0.498. The molecule has 0 bridgehead atoms. The maximum atomic E-state index is 13.4. The lowest BCUT2D eigenvalue weighted by Gasteiger charge is -2.16. The third-order valence-corrected chi connectivity index (χ3v) is 6.14. The van der Waals surface area contributed by atoms with Gasteiger partial charge in [0.05, 0.1) is 22.8 Å². The van der Waals surface area contributed by atoms with Gasteiger partial charge in [-0.1, -0.05) is 54.6 Å². The number of aromatic amines is 1. The molecule has 5 nitrogen and oxygen atoms in total. The molecule has 2 aromatic carbocycles. The Kier molecular flexibility index (Phi) is 3.90. The highest BCUT2D eigenvalue weighted by atomic mass is 16.2. The molecule has 1 amide bonds. The summed E-state index contributed by atoms with van der Waals surface area (Å²) in [6.45, 7) is 0. The third-order valence-electron chi connectivity index (χ3n) is 6.14. The lowest BCUT2D eigenvalue weighted by Crippen LogP contribution is -2.35. The monoisotopic (exact) mass is 405 g/mol. The molecular weight excluding hydrogens is 384 g/mol. The molecule has 1 fully saturated rings. The van der Waals surface area contributed by atoms with Gasteiger partial charge >= 0.3 is 0 Å². The first-order chi connectivity index (χ1) is 15.3. The van der Waals surface area contributed by atoms with Gasteiger partial charge in [0.15, 0.2) is 5.52 Å². The molecule has 1 aliphatic carbocycles. The highest BCUT2D eigenvalue weighted by molar-refractivity contribution is 6.00. The van der Waals surface area contributed by atoms with Crippen molar-refractivity contribution >= 4 is 22.3 Å². The minimum Gasteiger partial charge on any atom is -0.339 e. The zero-order valence-electron chi connectivity index (χ0n) is 16.9. The van der Waals surface area contributed by atoms with Gasteiger partial charge in [0.25, 0.3) is 11.7 Å². The summed E-state index contributed by atoms with van der Waals surface area (Å²) in [5.41, 5.74) is 4.15. The number of pyridine rings is 2. The van der Waals surface area contributed by atoms with Crippen molar-refractivity contribution in [1.29, 1.82) is 0 Å². The fourth-order valence-electron chi connectivity index (χ4n) is 4.40. The van der Waals surface area contributed by atoms with Crippen molar-refractivity contribution in [2.45, 2.75) is 18.4 Å². The second-order valence-corrected chi connectivity index (χ2v) is 8.09. The van der Waals surface area contributed by atoms with Gasteiger partial charge in [0, 0.05) is 11.6 Å². The van der Waals surface area contributed by atoms with Gasteiger partial charge in [0.2, 0.25) is 5.69 Å². The van der Waals surface area contributed by atoms with Gasteiger partial charge in [-0.2, -0.15) is 4.40 Å². The Morgan fingerprint density at radius 1 is 0.935 bits per heavy atom. The van der Waals surface area contributed by atoms with Crippen LogP contribution in [0.2, 0.25) is 0 Å². The molecule has 1 saturated carbocycles. The summed E-state index contributed by atoms with van der Waals surface area (Å²) in [7, 11) is 0. The average Bonchev–Trinajstić information content (AvgIpc) is 3.51. The molecule has 0 radical (unpaired) electrons. The normalized spacial score (nSPS) is 14.6. The van der Waals surface area contributed by atoms with Crippen LogP contribution in [0.15, 0.2) is 91.3 Å². The largest absolute Gasteiger partial charge is 0.339 e. The number of hydrogen-bond acceptors (Lipinski definition) is 2. The predicted octanol–water partition coefficient (Wildman–Crippen LogP) is 4.39. The van der Waals surface area contributed by atoms with Crippen molar-refractivity contribution in [1.82, 2.24) is 15.3 Å². The number of hydrogen-bond donors (Lipinski definition) is 2. The van der Waals surface area contributed by atoms with Gasteiger partial charge in [-0.05, 0) is 42.7 Å². The van der Waals surface area contributed by atoms with Gasteiger partial charge < -0.3 is 5.32 Å². The molecule has 0 unspecified atom stereocenters. The first-order valence-corrected chi connectivity index (χ1v) is 10.5. The molecular formula is C26H21N4O+. The summed E-state index contributed by atoms with van der Waals surface area (Å²) >= 11 is 0. The van der Waals surface area contributed by atoms with E-state index in [2.05, 4.69) is 27.4 Å². The summed E-state index contributed by atoms with van der Waals surface area (Å²) in [6, 6.07) is 26.2. The smallest absolute Gasteiger partial charge is 0.296 e. The van der Waals surface area contributed by atoms with E-state index in [1.807, 2.05) is 77.3 Å². The average molecular weight is 405 g/mol. The predicted molar refractivity (Wildman–Crippen MR) is 120 cm³/mol. The van der Waals surface area contributed by atoms with Crippen molar-refractivity contribution in [3.8, 4) is 11.4 Å². The SMILES string of the molecule is O=C(NC1(c2ccccc2)CC1)c1[nH]c(-c2cccc3cccnc23)[n+]2ccccc12. The fourth-order valence-corrected chi connectivity index (χ4v) is 4.40. The van der Waals surface area contributed by atoms with Crippen LogP contribution >= 0.6 is 0 Å². The van der Waals surface area contributed by atoms with Crippen LogP contribution in [0.1, 0.15) is 28.9 Å². The van der Waals surface area contributed by atoms with E-state index in [0.717, 1.165) is 46.2 Å². The van der Waals surface area contributed by atoms with Gasteiger partial charge in [-0.3, -0.25) is 9.78 Å². The van der Waals surface area contributed by atoms with Crippen LogP contribution in [-0.4, -0.2) is 15.9 Å². The Morgan fingerprint density at radius 2 is 1.74 bits per heavy atom. The van der Waals surface area contributed by atoms with E-state index in [-0.39, 0.29) is 11.4 Å². The van der Waals surface area contributed by atoms with E-state index in [4.69, 9.17) is 0 Å². The van der Waals surface area contributed by atoms with E-state index in [1.165, 1.54) is 0 Å². The third kappa shape index (κ3) is 2.89. The van der Waals surface area contributed by atoms with E-state index in [1.54, 1.807) is 6.20 Å². The van der Waals surface area contributed by atoms with Crippen LogP contribution in [0.5, 0.6) is 0 Å². The van der Waals surface area contributed by atoms with Crippen molar-refractivity contribution in [2.75, 3.05) is 0 Å². The number of fused-ring (bicyclic) bond motifs is 2. The van der Waals surface area contributed by atoms with Gasteiger partial charge in [-0.15, -0.1) is 0 Å². The zero-order chi connectivity index (χ0) is 20.8. The van der Waals surface area contributed by atoms with Gasteiger partial charge in [0.1, 0.15) is 0 Å². The second kappa shape index (κ2) is 6.77.